The number of para-hydroxylation sites is 2. The third kappa shape index (κ3) is 3.52. The van der Waals surface area contributed by atoms with E-state index < -0.39 is 0 Å². The Balaban J connectivity index is 1.80. The predicted octanol–water partition coefficient (Wildman–Crippen LogP) is 7.31. The average Bonchev–Trinajstić information content (AvgIpc) is 3.17. The van der Waals surface area contributed by atoms with Gasteiger partial charge in [-0.2, -0.15) is 0 Å². The molecule has 3 aromatic rings. The first kappa shape index (κ1) is 21.7. The smallest absolute Gasteiger partial charge is 0.179 e. The Morgan fingerprint density at radius 2 is 1.33 bits per heavy atom. The molecule has 0 fully saturated rings. The van der Waals surface area contributed by atoms with Gasteiger partial charge in [0.15, 0.2) is 11.6 Å². The van der Waals surface area contributed by atoms with Gasteiger partial charge in [-0.05, 0) is 67.4 Å². The molecule has 0 bridgehead atoms. The molecule has 170 valence electrons. The lowest BCUT2D eigenvalue weighted by atomic mass is 9.80. The molecule has 2 aromatic carbocycles. The van der Waals surface area contributed by atoms with Crippen LogP contribution >= 0.6 is 0 Å². The predicted molar refractivity (Wildman–Crippen MR) is 138 cm³/mol. The lowest BCUT2D eigenvalue weighted by Crippen LogP contribution is -2.38. The van der Waals surface area contributed by atoms with E-state index in [-0.39, 0.29) is 6.17 Å². The first-order chi connectivity index (χ1) is 16.2. The molecule has 4 nitrogen and oxygen atoms in total. The number of allylic oxidation sites excluding steroid dienone is 1. The standard InChI is InChI=1S/C29H34N4/c1-5-20-18-19-27-32(21-14-10-9-11-15-21)28-29(31-25(8-4)24(7-3)30-28)33(27)26-17-13-12-16-23(26)22(20)6-2/h9-20,22,27H,5-8H2,1-4H3. The molecular formula is C29H34N4. The summed E-state index contributed by atoms with van der Waals surface area (Å²) in [5.41, 5.74) is 6.03. The van der Waals surface area contributed by atoms with E-state index in [2.05, 4.69) is 104 Å². The van der Waals surface area contributed by atoms with Crippen molar-refractivity contribution in [3.8, 4) is 0 Å². The van der Waals surface area contributed by atoms with Gasteiger partial charge < -0.3 is 0 Å². The van der Waals surface area contributed by atoms with Gasteiger partial charge in [0.25, 0.3) is 0 Å². The number of rotatable bonds is 5. The Kier molecular flexibility index (Phi) is 5.92. The molecule has 3 unspecified atom stereocenters. The monoisotopic (exact) mass is 438 g/mol. The fraction of sp³-hybridized carbons (Fsp3) is 0.379. The minimum Gasteiger partial charge on any atom is -0.298 e. The highest BCUT2D eigenvalue weighted by Gasteiger charge is 2.42. The topological polar surface area (TPSA) is 32.3 Å². The average molecular weight is 439 g/mol. The van der Waals surface area contributed by atoms with Crippen LogP contribution in [0.25, 0.3) is 0 Å². The molecule has 4 heteroatoms. The van der Waals surface area contributed by atoms with Crippen LogP contribution in [0.1, 0.15) is 63.4 Å². The molecule has 0 saturated carbocycles. The second kappa shape index (κ2) is 9.01. The molecule has 0 saturated heterocycles. The maximum atomic E-state index is 5.25. The number of benzene rings is 2. The molecule has 0 radical (unpaired) electrons. The number of hydrogen-bond donors (Lipinski definition) is 0. The van der Waals surface area contributed by atoms with Crippen LogP contribution < -0.4 is 9.80 Å². The number of hydrogen-bond acceptors (Lipinski definition) is 4. The SMILES string of the molecule is CCc1nc2c(nc1CC)N1c3ccccc3C(CC)C(CC)C=CC1N2c1ccccc1. The Morgan fingerprint density at radius 1 is 0.697 bits per heavy atom. The van der Waals surface area contributed by atoms with Crippen molar-refractivity contribution < 1.29 is 0 Å². The third-order valence-corrected chi connectivity index (χ3v) is 7.26. The van der Waals surface area contributed by atoms with Gasteiger partial charge in [-0.1, -0.05) is 70.2 Å². The summed E-state index contributed by atoms with van der Waals surface area (Å²) in [7, 11) is 0. The molecule has 3 atom stereocenters. The van der Waals surface area contributed by atoms with Gasteiger partial charge >= 0.3 is 0 Å². The minimum atomic E-state index is 0.00668. The molecule has 33 heavy (non-hydrogen) atoms. The number of nitrogens with zero attached hydrogens (tertiary/aromatic N) is 4. The summed E-state index contributed by atoms with van der Waals surface area (Å²) >= 11 is 0. The van der Waals surface area contributed by atoms with E-state index in [1.54, 1.807) is 0 Å². The number of aryl methyl sites for hydroxylation is 2. The van der Waals surface area contributed by atoms with Crippen LogP contribution in [-0.2, 0) is 12.8 Å². The van der Waals surface area contributed by atoms with Crippen molar-refractivity contribution in [1.29, 1.82) is 0 Å². The van der Waals surface area contributed by atoms with Gasteiger partial charge in [0, 0.05) is 11.4 Å². The summed E-state index contributed by atoms with van der Waals surface area (Å²) in [4.78, 5) is 15.3. The molecular weight excluding hydrogens is 404 g/mol. The Morgan fingerprint density at radius 3 is 1.97 bits per heavy atom. The highest BCUT2D eigenvalue weighted by molar-refractivity contribution is 5.86. The highest BCUT2D eigenvalue weighted by Crippen LogP contribution is 2.50. The van der Waals surface area contributed by atoms with Crippen LogP contribution in [-0.4, -0.2) is 16.1 Å². The summed E-state index contributed by atoms with van der Waals surface area (Å²) in [5.74, 6) is 2.94. The summed E-state index contributed by atoms with van der Waals surface area (Å²) in [6.45, 7) is 8.97. The van der Waals surface area contributed by atoms with Crippen molar-refractivity contribution >= 4 is 23.0 Å². The highest BCUT2D eigenvalue weighted by atomic mass is 15.5. The summed E-state index contributed by atoms with van der Waals surface area (Å²) in [5, 5.41) is 0. The molecule has 0 N–H and O–H groups in total. The molecule has 2 aliphatic rings. The fourth-order valence-corrected chi connectivity index (χ4v) is 5.60. The zero-order valence-electron chi connectivity index (χ0n) is 20.2. The quantitative estimate of drug-likeness (QED) is 0.391. The Hall–Kier alpha value is -3.14. The van der Waals surface area contributed by atoms with Gasteiger partial charge in [0.2, 0.25) is 0 Å². The van der Waals surface area contributed by atoms with Crippen molar-refractivity contribution in [2.45, 2.75) is 65.5 Å². The van der Waals surface area contributed by atoms with Crippen molar-refractivity contribution in [2.75, 3.05) is 9.80 Å². The summed E-state index contributed by atoms with van der Waals surface area (Å²) in [6.07, 6.45) is 8.87. The van der Waals surface area contributed by atoms with Gasteiger partial charge in [0.1, 0.15) is 6.17 Å². The first-order valence-electron chi connectivity index (χ1n) is 12.5. The minimum absolute atomic E-state index is 0.00668. The molecule has 5 rings (SSSR count). The van der Waals surface area contributed by atoms with E-state index in [9.17, 15) is 0 Å². The van der Waals surface area contributed by atoms with Crippen LogP contribution in [0, 0.1) is 5.92 Å². The largest absolute Gasteiger partial charge is 0.298 e. The number of fused-ring (bicyclic) bond motifs is 5. The van der Waals surface area contributed by atoms with E-state index in [0.717, 1.165) is 54.4 Å². The maximum absolute atomic E-state index is 5.25. The van der Waals surface area contributed by atoms with Crippen molar-refractivity contribution in [1.82, 2.24) is 9.97 Å². The van der Waals surface area contributed by atoms with Crippen LogP contribution in [0.5, 0.6) is 0 Å². The van der Waals surface area contributed by atoms with Crippen molar-refractivity contribution in [3.63, 3.8) is 0 Å². The van der Waals surface area contributed by atoms with E-state index in [1.807, 2.05) is 0 Å². The van der Waals surface area contributed by atoms with Crippen LogP contribution in [0.3, 0.4) is 0 Å². The number of anilines is 4. The molecule has 0 spiro atoms. The van der Waals surface area contributed by atoms with Gasteiger partial charge in [0.05, 0.1) is 11.4 Å². The summed E-state index contributed by atoms with van der Waals surface area (Å²) < 4.78 is 0. The normalized spacial score (nSPS) is 21.3. The second-order valence-corrected chi connectivity index (χ2v) is 8.99. The van der Waals surface area contributed by atoms with Gasteiger partial charge in [-0.3, -0.25) is 9.80 Å². The number of aromatic nitrogens is 2. The van der Waals surface area contributed by atoms with Crippen LogP contribution in [0.4, 0.5) is 23.0 Å². The van der Waals surface area contributed by atoms with E-state index in [0.29, 0.717) is 11.8 Å². The van der Waals surface area contributed by atoms with Gasteiger partial charge in [-0.25, -0.2) is 9.97 Å². The Labute approximate surface area is 198 Å². The molecule has 0 amide bonds. The molecule has 3 heterocycles. The third-order valence-electron chi connectivity index (χ3n) is 7.26. The van der Waals surface area contributed by atoms with Crippen molar-refractivity contribution in [2.24, 2.45) is 5.92 Å². The maximum Gasteiger partial charge on any atom is 0.179 e. The molecule has 1 aromatic heterocycles. The fourth-order valence-electron chi connectivity index (χ4n) is 5.60. The lowest BCUT2D eigenvalue weighted by Gasteiger charge is -2.36. The Bertz CT molecular complexity index is 1150. The molecule has 0 aliphatic carbocycles. The lowest BCUT2D eigenvalue weighted by molar-refractivity contribution is 0.474. The van der Waals surface area contributed by atoms with Crippen LogP contribution in [0.15, 0.2) is 66.7 Å². The van der Waals surface area contributed by atoms with E-state index in [1.165, 1.54) is 11.3 Å². The zero-order valence-corrected chi connectivity index (χ0v) is 20.2. The second-order valence-electron chi connectivity index (χ2n) is 8.99. The van der Waals surface area contributed by atoms with E-state index >= 15 is 0 Å². The summed E-state index contributed by atoms with van der Waals surface area (Å²) in [6, 6.07) is 19.6. The van der Waals surface area contributed by atoms with Gasteiger partial charge in [-0.15, -0.1) is 0 Å². The zero-order chi connectivity index (χ0) is 22.9. The van der Waals surface area contributed by atoms with E-state index in [4.69, 9.17) is 9.97 Å². The van der Waals surface area contributed by atoms with Crippen molar-refractivity contribution in [3.05, 3.63) is 83.7 Å². The molecule has 2 aliphatic heterocycles. The first-order valence-corrected chi connectivity index (χ1v) is 12.5. The van der Waals surface area contributed by atoms with Crippen LogP contribution in [0.2, 0.25) is 0 Å².